The minimum atomic E-state index is -0.242. The number of carbonyl (C=O) groups is 1. The van der Waals surface area contributed by atoms with E-state index in [1.165, 1.54) is 0 Å². The number of carbonyl (C=O) groups excluding carboxylic acids is 1. The summed E-state index contributed by atoms with van der Waals surface area (Å²) in [5.41, 5.74) is 2.45. The van der Waals surface area contributed by atoms with E-state index in [0.29, 0.717) is 5.57 Å². The second kappa shape index (κ2) is 3.97. The van der Waals surface area contributed by atoms with Gasteiger partial charge in [0, 0.05) is 11.5 Å². The first-order valence-corrected chi connectivity index (χ1v) is 5.32. The third-order valence-corrected chi connectivity index (χ3v) is 3.04. The molecule has 82 valence electrons. The van der Waals surface area contributed by atoms with E-state index >= 15 is 0 Å². The molecule has 2 rings (SSSR count). The Hall–Kier alpha value is -1.83. The third kappa shape index (κ3) is 1.47. The van der Waals surface area contributed by atoms with E-state index in [9.17, 15) is 9.90 Å². The molecule has 16 heavy (non-hydrogen) atoms. The van der Waals surface area contributed by atoms with Gasteiger partial charge in [-0.05, 0) is 25.0 Å². The quantitative estimate of drug-likeness (QED) is 0.729. The molecule has 1 N–H and O–H groups in total. The summed E-state index contributed by atoms with van der Waals surface area (Å²) in [4.78, 5) is 11.8. The average molecular weight is 214 g/mol. The van der Waals surface area contributed by atoms with Crippen molar-refractivity contribution < 1.29 is 9.90 Å². The first-order chi connectivity index (χ1) is 7.66. The number of benzene rings is 1. The van der Waals surface area contributed by atoms with Gasteiger partial charge in [-0.25, -0.2) is 0 Å². The largest absolute Gasteiger partial charge is 0.504 e. The van der Waals surface area contributed by atoms with Crippen LogP contribution in [0, 0.1) is 0 Å². The molecule has 0 saturated carbocycles. The minimum Gasteiger partial charge on any atom is -0.504 e. The number of hydrogen-bond acceptors (Lipinski definition) is 2. The van der Waals surface area contributed by atoms with Gasteiger partial charge in [0.15, 0.2) is 5.76 Å². The molecule has 1 aliphatic rings. The molecule has 0 fully saturated rings. The molecule has 1 aromatic rings. The van der Waals surface area contributed by atoms with Crippen LogP contribution in [0.1, 0.15) is 25.3 Å². The lowest BCUT2D eigenvalue weighted by atomic mass is 9.89. The number of aliphatic hydroxyl groups is 1. The maximum atomic E-state index is 11.8. The molecule has 0 saturated heterocycles. The van der Waals surface area contributed by atoms with Crippen molar-refractivity contribution >= 4 is 5.78 Å². The third-order valence-electron chi connectivity index (χ3n) is 3.04. The van der Waals surface area contributed by atoms with E-state index in [0.717, 1.165) is 11.1 Å². The van der Waals surface area contributed by atoms with Gasteiger partial charge in [0.2, 0.25) is 5.78 Å². The fourth-order valence-electron chi connectivity index (χ4n) is 2.19. The zero-order valence-corrected chi connectivity index (χ0v) is 9.40. The molecule has 0 heterocycles. The van der Waals surface area contributed by atoms with Crippen molar-refractivity contribution in [3.63, 3.8) is 0 Å². The van der Waals surface area contributed by atoms with E-state index in [2.05, 4.69) is 0 Å². The van der Waals surface area contributed by atoms with Crippen LogP contribution in [-0.4, -0.2) is 10.9 Å². The van der Waals surface area contributed by atoms with Crippen LogP contribution in [0.25, 0.3) is 0 Å². The van der Waals surface area contributed by atoms with Crippen LogP contribution >= 0.6 is 0 Å². The Labute approximate surface area is 94.9 Å². The van der Waals surface area contributed by atoms with Crippen LogP contribution in [0.3, 0.4) is 0 Å². The molecule has 0 radical (unpaired) electrons. The lowest BCUT2D eigenvalue weighted by Gasteiger charge is -2.13. The smallest absolute Gasteiger partial charge is 0.223 e. The summed E-state index contributed by atoms with van der Waals surface area (Å²) in [5.74, 6) is -0.422. The summed E-state index contributed by atoms with van der Waals surface area (Å²) >= 11 is 0. The molecule has 0 aliphatic heterocycles. The summed E-state index contributed by atoms with van der Waals surface area (Å²) in [6, 6.07) is 9.77. The highest BCUT2D eigenvalue weighted by Crippen LogP contribution is 2.40. The fraction of sp³-hybridized carbons (Fsp3) is 0.214. The van der Waals surface area contributed by atoms with Crippen LogP contribution in [0.2, 0.25) is 0 Å². The molecule has 2 heteroatoms. The van der Waals surface area contributed by atoms with Crippen LogP contribution in [-0.2, 0) is 4.79 Å². The number of rotatable bonds is 1. The lowest BCUT2D eigenvalue weighted by Crippen LogP contribution is -2.03. The summed E-state index contributed by atoms with van der Waals surface area (Å²) in [6.45, 7) is 3.64. The van der Waals surface area contributed by atoms with Gasteiger partial charge in [-0.1, -0.05) is 36.4 Å². The highest BCUT2D eigenvalue weighted by Gasteiger charge is 2.35. The molecule has 1 aromatic carbocycles. The van der Waals surface area contributed by atoms with Crippen molar-refractivity contribution in [2.75, 3.05) is 0 Å². The maximum Gasteiger partial charge on any atom is 0.223 e. The Balaban J connectivity index is 2.53. The first kappa shape index (κ1) is 10.7. The molecule has 1 aliphatic carbocycles. The van der Waals surface area contributed by atoms with E-state index in [1.807, 2.05) is 37.3 Å². The van der Waals surface area contributed by atoms with Crippen molar-refractivity contribution in [1.29, 1.82) is 0 Å². The molecular weight excluding hydrogens is 200 g/mol. The van der Waals surface area contributed by atoms with Crippen molar-refractivity contribution in [3.05, 3.63) is 58.9 Å². The van der Waals surface area contributed by atoms with Gasteiger partial charge in [-0.2, -0.15) is 0 Å². The van der Waals surface area contributed by atoms with E-state index in [-0.39, 0.29) is 17.5 Å². The predicted molar refractivity (Wildman–Crippen MR) is 63.3 cm³/mol. The number of ketones is 1. The van der Waals surface area contributed by atoms with E-state index in [1.54, 1.807) is 13.0 Å². The fourth-order valence-corrected chi connectivity index (χ4v) is 2.19. The Morgan fingerprint density at radius 3 is 2.44 bits per heavy atom. The summed E-state index contributed by atoms with van der Waals surface area (Å²) in [6.07, 6.45) is 1.78. The van der Waals surface area contributed by atoms with Crippen LogP contribution in [0.4, 0.5) is 0 Å². The molecule has 0 aromatic heterocycles. The van der Waals surface area contributed by atoms with Crippen molar-refractivity contribution in [2.24, 2.45) is 0 Å². The Bertz CT molecular complexity index is 481. The predicted octanol–water partition coefficient (Wildman–Crippen LogP) is 3.13. The number of hydrogen-bond donors (Lipinski definition) is 1. The van der Waals surface area contributed by atoms with Crippen LogP contribution in [0.15, 0.2) is 53.3 Å². The number of aliphatic hydroxyl groups excluding tert-OH is 1. The standard InChI is InChI=1S/C14H14O2/c1-3-11-12(9(2)13(15)14(11)16)10-7-5-4-6-8-10/h3-8,12,15H,1-2H3/b11-3+. The van der Waals surface area contributed by atoms with Crippen molar-refractivity contribution in [2.45, 2.75) is 19.8 Å². The van der Waals surface area contributed by atoms with E-state index < -0.39 is 0 Å². The normalized spacial score (nSPS) is 23.2. The Morgan fingerprint density at radius 1 is 1.25 bits per heavy atom. The van der Waals surface area contributed by atoms with Crippen LogP contribution < -0.4 is 0 Å². The van der Waals surface area contributed by atoms with Crippen LogP contribution in [0.5, 0.6) is 0 Å². The Morgan fingerprint density at radius 2 is 1.88 bits per heavy atom. The lowest BCUT2D eigenvalue weighted by molar-refractivity contribution is -0.114. The van der Waals surface area contributed by atoms with Gasteiger partial charge < -0.3 is 5.11 Å². The zero-order valence-electron chi connectivity index (χ0n) is 9.40. The molecule has 1 atom stereocenters. The van der Waals surface area contributed by atoms with E-state index in [4.69, 9.17) is 0 Å². The highest BCUT2D eigenvalue weighted by molar-refractivity contribution is 6.11. The summed E-state index contributed by atoms with van der Waals surface area (Å²) < 4.78 is 0. The van der Waals surface area contributed by atoms with Gasteiger partial charge in [-0.15, -0.1) is 0 Å². The SMILES string of the molecule is C/C=C1/C(=O)C(O)=C(C)C1c1ccccc1. The molecule has 0 spiro atoms. The average Bonchev–Trinajstić information content (AvgIpc) is 2.54. The minimum absolute atomic E-state index is 0.0845. The second-order valence-corrected chi connectivity index (χ2v) is 3.95. The monoisotopic (exact) mass is 214 g/mol. The first-order valence-electron chi connectivity index (χ1n) is 5.32. The molecule has 0 amide bonds. The van der Waals surface area contributed by atoms with Gasteiger partial charge in [-0.3, -0.25) is 4.79 Å². The molecule has 1 unspecified atom stereocenters. The summed E-state index contributed by atoms with van der Waals surface area (Å²) in [7, 11) is 0. The number of Topliss-reactive ketones (excluding diaryl/α,β-unsaturated/α-hetero) is 1. The second-order valence-electron chi connectivity index (χ2n) is 3.95. The van der Waals surface area contributed by atoms with Gasteiger partial charge in [0.25, 0.3) is 0 Å². The molecule has 0 bridgehead atoms. The molecule has 2 nitrogen and oxygen atoms in total. The van der Waals surface area contributed by atoms with Crippen molar-refractivity contribution in [3.8, 4) is 0 Å². The Kier molecular flexibility index (Phi) is 2.65. The van der Waals surface area contributed by atoms with Gasteiger partial charge in [0.05, 0.1) is 0 Å². The topological polar surface area (TPSA) is 37.3 Å². The van der Waals surface area contributed by atoms with Gasteiger partial charge in [0.1, 0.15) is 0 Å². The number of allylic oxidation sites excluding steroid dienone is 3. The van der Waals surface area contributed by atoms with Crippen molar-refractivity contribution in [1.82, 2.24) is 0 Å². The maximum absolute atomic E-state index is 11.8. The summed E-state index contributed by atoms with van der Waals surface area (Å²) in [5, 5.41) is 9.69. The highest BCUT2D eigenvalue weighted by atomic mass is 16.3. The molecular formula is C14H14O2. The zero-order chi connectivity index (χ0) is 11.7. The van der Waals surface area contributed by atoms with Gasteiger partial charge >= 0.3 is 0 Å².